The Morgan fingerprint density at radius 1 is 1.10 bits per heavy atom. The van der Waals surface area contributed by atoms with Crippen LogP contribution in [-0.2, 0) is 19.4 Å². The number of halogens is 3. The Labute approximate surface area is 246 Å². The summed E-state index contributed by atoms with van der Waals surface area (Å²) in [6.07, 6.45) is 1.39. The number of carbonyl (C=O) groups excluding carboxylic acids is 3. The average Bonchev–Trinajstić information content (AvgIpc) is 3.47. The second-order valence-electron chi connectivity index (χ2n) is 11.0. The van der Waals surface area contributed by atoms with Crippen molar-refractivity contribution in [2.75, 3.05) is 25.5 Å². The van der Waals surface area contributed by atoms with Gasteiger partial charge in [-0.25, -0.2) is 22.0 Å². The standard InChI is InChI=1S/C28H30ClF2N3O7S/c1-41-27(37)34-8-2-3-23(34)26(36)32-14-28(38)16-10-17(28)12-19(11-16)42(39,40)24-9-15(4-6-20(24)29)25(35)33-18-5-7-21(30)22(31)13-18/h4-7,9,13,16-17,19,23,38H,2-3,8,10-12,14H2,1H3,(H,32,36)(H,33,35)/t16?,17?,19?,23-,28?/m0/s1. The molecular formula is C28H30ClF2N3O7S. The minimum atomic E-state index is -4.03. The third-order valence-electron chi connectivity index (χ3n) is 8.70. The summed E-state index contributed by atoms with van der Waals surface area (Å²) in [6.45, 7) is 0.329. The fourth-order valence-corrected chi connectivity index (χ4v) is 8.74. The number of nitrogens with one attached hydrogen (secondary N) is 2. The van der Waals surface area contributed by atoms with Crippen molar-refractivity contribution >= 4 is 45.0 Å². The average molecular weight is 626 g/mol. The molecule has 1 aliphatic heterocycles. The van der Waals surface area contributed by atoms with Crippen LogP contribution in [0.15, 0.2) is 41.3 Å². The van der Waals surface area contributed by atoms with Gasteiger partial charge in [-0.15, -0.1) is 0 Å². The van der Waals surface area contributed by atoms with Crippen molar-refractivity contribution in [3.63, 3.8) is 0 Å². The highest BCUT2D eigenvalue weighted by Crippen LogP contribution is 2.55. The van der Waals surface area contributed by atoms with Gasteiger partial charge >= 0.3 is 6.09 Å². The fourth-order valence-electron chi connectivity index (χ4n) is 6.34. The van der Waals surface area contributed by atoms with Gasteiger partial charge in [0.1, 0.15) is 6.04 Å². The van der Waals surface area contributed by atoms with Crippen LogP contribution in [0.5, 0.6) is 0 Å². The number of rotatable bonds is 7. The molecular weight excluding hydrogens is 596 g/mol. The molecule has 3 aliphatic carbocycles. The third-order valence-corrected chi connectivity index (χ3v) is 11.4. The Kier molecular flexibility index (Phi) is 8.20. The van der Waals surface area contributed by atoms with Gasteiger partial charge in [-0.1, -0.05) is 11.6 Å². The third kappa shape index (κ3) is 5.45. The zero-order valence-electron chi connectivity index (χ0n) is 22.6. The molecule has 6 rings (SSSR count). The minimum absolute atomic E-state index is 0.0112. The van der Waals surface area contributed by atoms with Crippen molar-refractivity contribution in [1.29, 1.82) is 0 Å². The SMILES string of the molecule is COC(=O)N1CCC[C@H]1C(=O)NCC1(O)C2CC1CC(S(=O)(=O)c1cc(C(=O)Nc3ccc(F)c(F)c3)ccc1Cl)C2. The van der Waals surface area contributed by atoms with Crippen molar-refractivity contribution in [1.82, 2.24) is 10.2 Å². The highest BCUT2D eigenvalue weighted by atomic mass is 35.5. The zero-order chi connectivity index (χ0) is 30.4. The maximum Gasteiger partial charge on any atom is 0.410 e. The molecule has 3 amide bonds. The number of nitrogens with zero attached hydrogens (tertiary/aromatic N) is 1. The van der Waals surface area contributed by atoms with Crippen LogP contribution in [0.3, 0.4) is 0 Å². The lowest BCUT2D eigenvalue weighted by Crippen LogP contribution is -2.66. The van der Waals surface area contributed by atoms with Gasteiger partial charge in [0.15, 0.2) is 21.5 Å². The molecule has 42 heavy (non-hydrogen) atoms. The molecule has 0 aromatic heterocycles. The van der Waals surface area contributed by atoms with Gasteiger partial charge in [-0.05, 0) is 74.3 Å². The molecule has 1 heterocycles. The first kappa shape index (κ1) is 30.2. The normalized spacial score (nSPS) is 26.7. The second-order valence-corrected chi connectivity index (χ2v) is 13.6. The van der Waals surface area contributed by atoms with Gasteiger partial charge in [0.2, 0.25) is 5.91 Å². The molecule has 2 unspecified atom stereocenters. The molecule has 2 aromatic rings. The van der Waals surface area contributed by atoms with Crippen LogP contribution >= 0.6 is 11.6 Å². The molecule has 14 heteroatoms. The largest absolute Gasteiger partial charge is 0.453 e. The summed E-state index contributed by atoms with van der Waals surface area (Å²) >= 11 is 6.26. The van der Waals surface area contributed by atoms with Gasteiger partial charge in [0, 0.05) is 30.4 Å². The molecule has 4 aliphatic rings. The van der Waals surface area contributed by atoms with Gasteiger partial charge in [-0.3, -0.25) is 14.5 Å². The highest BCUT2D eigenvalue weighted by Gasteiger charge is 2.60. The lowest BCUT2D eigenvalue weighted by Gasteiger charge is -2.58. The number of amides is 3. The van der Waals surface area contributed by atoms with Crippen molar-refractivity contribution in [2.45, 2.75) is 53.9 Å². The van der Waals surface area contributed by atoms with Crippen molar-refractivity contribution < 1.29 is 41.4 Å². The maximum absolute atomic E-state index is 13.7. The number of fused-ring (bicyclic) bond motifs is 2. The van der Waals surface area contributed by atoms with Crippen LogP contribution in [0.25, 0.3) is 0 Å². The number of anilines is 1. The summed E-state index contributed by atoms with van der Waals surface area (Å²) in [5.41, 5.74) is -1.34. The zero-order valence-corrected chi connectivity index (χ0v) is 24.2. The molecule has 3 N–H and O–H groups in total. The van der Waals surface area contributed by atoms with Crippen LogP contribution in [0.2, 0.25) is 5.02 Å². The Bertz CT molecular complexity index is 1530. The predicted octanol–water partition coefficient (Wildman–Crippen LogP) is 3.52. The predicted molar refractivity (Wildman–Crippen MR) is 148 cm³/mol. The first-order valence-electron chi connectivity index (χ1n) is 13.5. The fraction of sp³-hybridized carbons (Fsp3) is 0.464. The summed E-state index contributed by atoms with van der Waals surface area (Å²) in [5.74, 6) is -4.15. The van der Waals surface area contributed by atoms with E-state index in [0.29, 0.717) is 25.8 Å². The molecule has 0 radical (unpaired) electrons. The summed E-state index contributed by atoms with van der Waals surface area (Å²) in [5, 5.41) is 15.6. The number of hydrogen-bond donors (Lipinski definition) is 3. The van der Waals surface area contributed by atoms with Crippen LogP contribution < -0.4 is 10.6 Å². The first-order valence-corrected chi connectivity index (χ1v) is 15.4. The quantitative estimate of drug-likeness (QED) is 0.427. The molecule has 4 fully saturated rings. The van der Waals surface area contributed by atoms with Crippen molar-refractivity contribution in [3.05, 3.63) is 58.6 Å². The summed E-state index contributed by atoms with van der Waals surface area (Å²) in [7, 11) is -2.79. The van der Waals surface area contributed by atoms with Crippen molar-refractivity contribution in [3.8, 4) is 0 Å². The number of benzene rings is 2. The number of hydrogen-bond acceptors (Lipinski definition) is 7. The molecule has 2 bridgehead atoms. The number of methoxy groups -OCH3 is 1. The molecule has 3 atom stereocenters. The highest BCUT2D eigenvalue weighted by molar-refractivity contribution is 7.92. The number of aliphatic hydroxyl groups is 1. The first-order chi connectivity index (χ1) is 19.8. The number of likely N-dealkylation sites (tertiary alicyclic amines) is 1. The van der Waals surface area contributed by atoms with E-state index in [0.717, 1.165) is 18.2 Å². The van der Waals surface area contributed by atoms with Gasteiger partial charge in [0.25, 0.3) is 5.91 Å². The summed E-state index contributed by atoms with van der Waals surface area (Å²) < 4.78 is 58.8. The molecule has 2 aromatic carbocycles. The molecule has 3 saturated carbocycles. The van der Waals surface area contributed by atoms with E-state index in [1.165, 1.54) is 30.2 Å². The number of carbonyl (C=O) groups is 3. The molecule has 1 saturated heterocycles. The molecule has 10 nitrogen and oxygen atoms in total. The van der Waals surface area contributed by atoms with Crippen LogP contribution in [0.1, 0.15) is 42.5 Å². The lowest BCUT2D eigenvalue weighted by atomic mass is 9.53. The lowest BCUT2D eigenvalue weighted by molar-refractivity contribution is -0.174. The Morgan fingerprint density at radius 3 is 2.48 bits per heavy atom. The smallest absolute Gasteiger partial charge is 0.410 e. The van der Waals surface area contributed by atoms with E-state index < -0.39 is 68.1 Å². The van der Waals surface area contributed by atoms with E-state index >= 15 is 0 Å². The van der Waals surface area contributed by atoms with E-state index in [9.17, 15) is 36.7 Å². The number of ether oxygens (including phenoxy) is 1. The summed E-state index contributed by atoms with van der Waals surface area (Å²) in [6, 6.07) is 5.89. The van der Waals surface area contributed by atoms with E-state index in [2.05, 4.69) is 10.6 Å². The van der Waals surface area contributed by atoms with Gasteiger partial charge < -0.3 is 20.5 Å². The monoisotopic (exact) mass is 625 g/mol. The van der Waals surface area contributed by atoms with Crippen LogP contribution in [0, 0.1) is 23.5 Å². The van der Waals surface area contributed by atoms with E-state index in [1.807, 2.05) is 0 Å². The van der Waals surface area contributed by atoms with E-state index in [1.54, 1.807) is 0 Å². The van der Waals surface area contributed by atoms with Crippen LogP contribution in [-0.4, -0.2) is 73.4 Å². The van der Waals surface area contributed by atoms with Crippen molar-refractivity contribution in [2.24, 2.45) is 11.8 Å². The topological polar surface area (TPSA) is 142 Å². The Hall–Kier alpha value is -3.29. The molecule has 0 spiro atoms. The second kappa shape index (κ2) is 11.4. The van der Waals surface area contributed by atoms with E-state index in [4.69, 9.17) is 16.3 Å². The Balaban J connectivity index is 1.25. The van der Waals surface area contributed by atoms with Gasteiger partial charge in [-0.2, -0.15) is 0 Å². The molecule has 226 valence electrons. The Morgan fingerprint density at radius 2 is 1.81 bits per heavy atom. The minimum Gasteiger partial charge on any atom is -0.453 e. The van der Waals surface area contributed by atoms with E-state index in [-0.39, 0.29) is 40.6 Å². The van der Waals surface area contributed by atoms with Crippen LogP contribution in [0.4, 0.5) is 19.3 Å². The maximum atomic E-state index is 13.7. The van der Waals surface area contributed by atoms with Gasteiger partial charge in [0.05, 0.1) is 27.9 Å². The number of sulfone groups is 1. The summed E-state index contributed by atoms with van der Waals surface area (Å²) in [4.78, 5) is 38.6.